The highest BCUT2D eigenvalue weighted by molar-refractivity contribution is 5.89. The largest absolute Gasteiger partial charge is 0.393 e. The Labute approximate surface area is 160 Å². The lowest BCUT2D eigenvalue weighted by Crippen LogP contribution is -2.59. The summed E-state index contributed by atoms with van der Waals surface area (Å²) in [6.45, 7) is 1.32. The molecule has 0 aliphatic heterocycles. The molecule has 0 heterocycles. The first kappa shape index (κ1) is 18.3. The van der Waals surface area contributed by atoms with Crippen LogP contribution < -0.4 is 0 Å². The first-order chi connectivity index (χ1) is 12.8. The maximum absolute atomic E-state index is 12.4. The number of aliphatic hydroxyl groups excluding tert-OH is 3. The van der Waals surface area contributed by atoms with E-state index < -0.39 is 29.5 Å². The Morgan fingerprint density at radius 1 is 1.15 bits per heavy atom. The minimum atomic E-state index is -1.52. The molecule has 9 atom stereocenters. The number of fused-ring (bicyclic) bond motifs is 4. The van der Waals surface area contributed by atoms with Crippen LogP contribution in [0.15, 0.2) is 11.6 Å². The van der Waals surface area contributed by atoms with Crippen molar-refractivity contribution < 1.29 is 25.2 Å². The highest BCUT2D eigenvalue weighted by atomic mass is 16.3. The quantitative estimate of drug-likeness (QED) is 0.549. The molecule has 5 nitrogen and oxygen atoms in total. The van der Waals surface area contributed by atoms with E-state index in [0.717, 1.165) is 38.5 Å². The molecule has 5 aliphatic carbocycles. The summed E-state index contributed by atoms with van der Waals surface area (Å²) in [7, 11) is 0. The minimum Gasteiger partial charge on any atom is -0.393 e. The molecule has 0 saturated heterocycles. The number of carbonyl (C=O) groups excluding carboxylic acids is 1. The summed E-state index contributed by atoms with van der Waals surface area (Å²) < 4.78 is 0. The normalized spacial score (nSPS) is 56.1. The smallest absolute Gasteiger partial charge is 0.190 e. The van der Waals surface area contributed by atoms with Crippen molar-refractivity contribution in [2.24, 2.45) is 34.5 Å². The van der Waals surface area contributed by atoms with Crippen molar-refractivity contribution in [1.29, 1.82) is 0 Å². The van der Waals surface area contributed by atoms with Crippen molar-refractivity contribution in [2.45, 2.75) is 76.1 Å². The van der Waals surface area contributed by atoms with Gasteiger partial charge >= 0.3 is 0 Å². The van der Waals surface area contributed by atoms with Crippen molar-refractivity contribution in [2.75, 3.05) is 6.61 Å². The fraction of sp³-hybridized carbons (Fsp3) is 0.864. The molecule has 5 aliphatic rings. The summed E-state index contributed by atoms with van der Waals surface area (Å²) in [4.78, 5) is 12.4. The summed E-state index contributed by atoms with van der Waals surface area (Å²) in [5, 5.41) is 42.0. The number of hydrogen-bond acceptors (Lipinski definition) is 5. The van der Waals surface area contributed by atoms with Crippen LogP contribution >= 0.6 is 0 Å². The van der Waals surface area contributed by atoms with Gasteiger partial charge in [-0.05, 0) is 80.5 Å². The van der Waals surface area contributed by atoms with Crippen LogP contribution in [0.5, 0.6) is 0 Å². The van der Waals surface area contributed by atoms with Gasteiger partial charge in [0.05, 0.1) is 12.2 Å². The Balaban J connectivity index is 1.52. The monoisotopic (exact) mass is 376 g/mol. The third kappa shape index (κ3) is 2.17. The van der Waals surface area contributed by atoms with Crippen LogP contribution in [0.2, 0.25) is 0 Å². The number of hydrogen-bond donors (Lipinski definition) is 4. The van der Waals surface area contributed by atoms with Gasteiger partial charge in [0, 0.05) is 5.41 Å². The molecule has 4 fully saturated rings. The van der Waals surface area contributed by atoms with Gasteiger partial charge < -0.3 is 20.4 Å². The Kier molecular flexibility index (Phi) is 3.83. The first-order valence-corrected chi connectivity index (χ1v) is 10.7. The van der Waals surface area contributed by atoms with Crippen molar-refractivity contribution >= 4 is 5.78 Å². The van der Waals surface area contributed by atoms with E-state index in [1.807, 2.05) is 6.92 Å². The number of allylic oxidation sites excluding steroid dienone is 1. The van der Waals surface area contributed by atoms with E-state index in [2.05, 4.69) is 6.08 Å². The predicted octanol–water partition coefficient (Wildman–Crippen LogP) is 1.57. The van der Waals surface area contributed by atoms with Gasteiger partial charge in [-0.15, -0.1) is 0 Å². The van der Waals surface area contributed by atoms with Crippen molar-refractivity contribution in [3.05, 3.63) is 11.6 Å². The third-order valence-electron chi connectivity index (χ3n) is 9.54. The van der Waals surface area contributed by atoms with Gasteiger partial charge in [-0.25, -0.2) is 0 Å². The molecular weight excluding hydrogens is 344 g/mol. The first-order valence-electron chi connectivity index (χ1n) is 10.7. The van der Waals surface area contributed by atoms with E-state index in [9.17, 15) is 25.2 Å². The molecule has 150 valence electrons. The number of ketones is 1. The van der Waals surface area contributed by atoms with Crippen molar-refractivity contribution in [3.8, 4) is 0 Å². The lowest BCUT2D eigenvalue weighted by atomic mass is 9.53. The SMILES string of the molecule is CC12C[C@H](O)C3C(CCC4=CC(O)CCC45CC35)C1CC[C@]2(O)C(=O)CO. The number of rotatable bonds is 2. The molecule has 0 aromatic rings. The molecule has 0 amide bonds. The molecule has 5 heteroatoms. The highest BCUT2D eigenvalue weighted by Crippen LogP contribution is 2.74. The molecule has 5 rings (SSSR count). The minimum absolute atomic E-state index is 0.198. The molecular formula is C22H32O5. The van der Waals surface area contributed by atoms with E-state index in [1.54, 1.807) is 0 Å². The second-order valence-electron chi connectivity index (χ2n) is 10.3. The van der Waals surface area contributed by atoms with Crippen LogP contribution in [0.1, 0.15) is 58.3 Å². The molecule has 0 aromatic carbocycles. The Morgan fingerprint density at radius 3 is 2.67 bits per heavy atom. The molecule has 7 unspecified atom stereocenters. The van der Waals surface area contributed by atoms with Crippen molar-refractivity contribution in [3.63, 3.8) is 0 Å². The second-order valence-corrected chi connectivity index (χ2v) is 10.3. The van der Waals surface area contributed by atoms with Crippen LogP contribution in [0.25, 0.3) is 0 Å². The van der Waals surface area contributed by atoms with Gasteiger partial charge in [0.1, 0.15) is 12.2 Å². The zero-order chi connectivity index (χ0) is 19.2. The van der Waals surface area contributed by atoms with E-state index in [-0.39, 0.29) is 23.4 Å². The van der Waals surface area contributed by atoms with E-state index in [4.69, 9.17) is 0 Å². The van der Waals surface area contributed by atoms with E-state index in [0.29, 0.717) is 24.7 Å². The molecule has 27 heavy (non-hydrogen) atoms. The van der Waals surface area contributed by atoms with Crippen LogP contribution in [0.4, 0.5) is 0 Å². The molecule has 4 N–H and O–H groups in total. The van der Waals surface area contributed by atoms with Crippen LogP contribution in [0.3, 0.4) is 0 Å². The van der Waals surface area contributed by atoms with Crippen LogP contribution in [-0.4, -0.2) is 50.6 Å². The Hall–Kier alpha value is -0.750. The maximum Gasteiger partial charge on any atom is 0.190 e. The molecule has 0 aromatic heterocycles. The summed E-state index contributed by atoms with van der Waals surface area (Å²) in [5.41, 5.74) is -0.592. The average molecular weight is 376 g/mol. The fourth-order valence-electron chi connectivity index (χ4n) is 8.15. The molecule has 0 radical (unpaired) electrons. The van der Waals surface area contributed by atoms with Crippen molar-refractivity contribution in [1.82, 2.24) is 0 Å². The number of carbonyl (C=O) groups is 1. The third-order valence-corrected chi connectivity index (χ3v) is 9.54. The molecule has 1 spiro atoms. The topological polar surface area (TPSA) is 98.0 Å². The second kappa shape index (κ2) is 5.65. The van der Waals surface area contributed by atoms with Crippen LogP contribution in [0, 0.1) is 34.5 Å². The average Bonchev–Trinajstić information content (AvgIpc) is 3.29. The van der Waals surface area contributed by atoms with E-state index in [1.165, 1.54) is 5.57 Å². The summed E-state index contributed by atoms with van der Waals surface area (Å²) >= 11 is 0. The molecule has 0 bridgehead atoms. The number of aliphatic hydroxyl groups is 4. The van der Waals surface area contributed by atoms with E-state index >= 15 is 0 Å². The van der Waals surface area contributed by atoms with Gasteiger partial charge in [0.2, 0.25) is 0 Å². The molecule has 4 saturated carbocycles. The Morgan fingerprint density at radius 2 is 1.93 bits per heavy atom. The Bertz CT molecular complexity index is 703. The van der Waals surface area contributed by atoms with Gasteiger partial charge in [0.15, 0.2) is 5.78 Å². The maximum atomic E-state index is 12.4. The van der Waals surface area contributed by atoms with Gasteiger partial charge in [-0.2, -0.15) is 0 Å². The van der Waals surface area contributed by atoms with Crippen LogP contribution in [-0.2, 0) is 4.79 Å². The standard InChI is InChI=1S/C22H32O5/c1-20-10-17(25)19-14(15(20)5-7-22(20,27)18(26)11-23)3-2-12-8-13(24)4-6-21(12)9-16(19)21/h8,13-17,19,23-25,27H,2-7,9-11H2,1H3/t13?,14?,15?,16?,17-,19?,20?,21?,22-/m0/s1. The zero-order valence-electron chi connectivity index (χ0n) is 16.1. The van der Waals surface area contributed by atoms with Gasteiger partial charge in [-0.1, -0.05) is 18.6 Å². The van der Waals surface area contributed by atoms with Gasteiger partial charge in [0.25, 0.3) is 0 Å². The predicted molar refractivity (Wildman–Crippen MR) is 98.6 cm³/mol. The number of Topliss-reactive ketones (excluding diaryl/α,β-unsaturated/α-hetero) is 1. The lowest BCUT2D eigenvalue weighted by molar-refractivity contribution is -0.172. The summed E-state index contributed by atoms with van der Waals surface area (Å²) in [6, 6.07) is 0. The van der Waals surface area contributed by atoms with Gasteiger partial charge in [-0.3, -0.25) is 4.79 Å². The fourth-order valence-corrected chi connectivity index (χ4v) is 8.15. The lowest BCUT2D eigenvalue weighted by Gasteiger charge is -2.53. The summed E-state index contributed by atoms with van der Waals surface area (Å²) in [5.74, 6) is 0.720. The zero-order valence-corrected chi connectivity index (χ0v) is 16.1. The summed E-state index contributed by atoms with van der Waals surface area (Å²) in [6.07, 6.45) is 7.73. The highest BCUT2D eigenvalue weighted by Gasteiger charge is 2.71.